The quantitative estimate of drug-likeness (QED) is 0.729. The van der Waals surface area contributed by atoms with Crippen molar-refractivity contribution in [2.45, 2.75) is 6.54 Å². The lowest BCUT2D eigenvalue weighted by atomic mass is 10.0. The zero-order valence-corrected chi connectivity index (χ0v) is 13.2. The molecule has 2 N–H and O–H groups in total. The topological polar surface area (TPSA) is 62.2 Å². The minimum absolute atomic E-state index is 0.308. The minimum Gasteiger partial charge on any atom is -0.465 e. The molecule has 0 saturated carbocycles. The maximum Gasteiger partial charge on any atom is 0.404 e. The summed E-state index contributed by atoms with van der Waals surface area (Å²) in [7, 11) is 0. The zero-order chi connectivity index (χ0) is 15.5. The molecule has 0 saturated heterocycles. The number of nitrogens with one attached hydrogen (secondary N) is 1. The number of pyridine rings is 1. The van der Waals surface area contributed by atoms with Gasteiger partial charge in [0.2, 0.25) is 0 Å². The Bertz CT molecular complexity index is 832. The molecule has 0 aliphatic heterocycles. The van der Waals surface area contributed by atoms with Gasteiger partial charge in [0.05, 0.1) is 0 Å². The molecule has 0 bridgehead atoms. The van der Waals surface area contributed by atoms with Crippen LogP contribution in [0.3, 0.4) is 0 Å². The smallest absolute Gasteiger partial charge is 0.404 e. The van der Waals surface area contributed by atoms with Gasteiger partial charge >= 0.3 is 6.09 Å². The highest BCUT2D eigenvalue weighted by molar-refractivity contribution is 9.10. The van der Waals surface area contributed by atoms with E-state index in [2.05, 4.69) is 38.4 Å². The Morgan fingerprint density at radius 3 is 2.64 bits per heavy atom. The lowest BCUT2D eigenvalue weighted by Gasteiger charge is -2.08. The van der Waals surface area contributed by atoms with Gasteiger partial charge in [0, 0.05) is 28.8 Å². The predicted molar refractivity (Wildman–Crippen MR) is 89.7 cm³/mol. The number of fused-ring (bicyclic) bond motifs is 1. The molecule has 0 fully saturated rings. The SMILES string of the molecule is O=C(O)NCc1ccc(-c2cc(Br)c3cnccc3c2)cc1. The van der Waals surface area contributed by atoms with Crippen LogP contribution in [0.5, 0.6) is 0 Å². The van der Waals surface area contributed by atoms with Gasteiger partial charge in [-0.05, 0) is 40.3 Å². The second-order valence-electron chi connectivity index (χ2n) is 4.91. The van der Waals surface area contributed by atoms with Crippen molar-refractivity contribution >= 4 is 32.8 Å². The first-order valence-electron chi connectivity index (χ1n) is 6.73. The molecule has 0 spiro atoms. The molecule has 0 aliphatic rings. The fraction of sp³-hybridized carbons (Fsp3) is 0.0588. The van der Waals surface area contributed by atoms with E-state index in [9.17, 15) is 4.79 Å². The number of hydrogen-bond donors (Lipinski definition) is 2. The summed E-state index contributed by atoms with van der Waals surface area (Å²) in [6.07, 6.45) is 2.60. The highest BCUT2D eigenvalue weighted by atomic mass is 79.9. The van der Waals surface area contributed by atoms with Crippen molar-refractivity contribution in [3.05, 3.63) is 64.9 Å². The molecule has 0 aliphatic carbocycles. The summed E-state index contributed by atoms with van der Waals surface area (Å²) in [5.74, 6) is 0. The van der Waals surface area contributed by atoms with Crippen LogP contribution in [-0.2, 0) is 6.54 Å². The van der Waals surface area contributed by atoms with Crippen LogP contribution >= 0.6 is 15.9 Å². The zero-order valence-electron chi connectivity index (χ0n) is 11.6. The molecule has 1 amide bonds. The average molecular weight is 357 g/mol. The molecule has 0 atom stereocenters. The van der Waals surface area contributed by atoms with Gasteiger partial charge in [0.15, 0.2) is 0 Å². The predicted octanol–water partition coefficient (Wildman–Crippen LogP) is 4.43. The summed E-state index contributed by atoms with van der Waals surface area (Å²) < 4.78 is 1.00. The maximum atomic E-state index is 10.5. The number of aromatic nitrogens is 1. The number of hydrogen-bond acceptors (Lipinski definition) is 2. The molecule has 3 aromatic rings. The lowest BCUT2D eigenvalue weighted by Crippen LogP contribution is -2.19. The van der Waals surface area contributed by atoms with Gasteiger partial charge in [-0.2, -0.15) is 0 Å². The Hall–Kier alpha value is -2.40. The van der Waals surface area contributed by atoms with E-state index in [0.29, 0.717) is 6.54 Å². The number of carbonyl (C=O) groups is 1. The Balaban J connectivity index is 1.92. The fourth-order valence-corrected chi connectivity index (χ4v) is 2.89. The van der Waals surface area contributed by atoms with Crippen LogP contribution in [0.4, 0.5) is 4.79 Å². The third kappa shape index (κ3) is 3.09. The van der Waals surface area contributed by atoms with Crippen LogP contribution in [0, 0.1) is 0 Å². The van der Waals surface area contributed by atoms with Crippen LogP contribution in [0.25, 0.3) is 21.9 Å². The Morgan fingerprint density at radius 1 is 1.14 bits per heavy atom. The van der Waals surface area contributed by atoms with E-state index in [1.54, 1.807) is 6.20 Å². The molecule has 2 aromatic carbocycles. The molecule has 1 aromatic heterocycles. The first kappa shape index (κ1) is 14.5. The normalized spacial score (nSPS) is 10.6. The van der Waals surface area contributed by atoms with Crippen LogP contribution < -0.4 is 5.32 Å². The number of benzene rings is 2. The molecule has 0 radical (unpaired) electrons. The fourth-order valence-electron chi connectivity index (χ4n) is 2.31. The highest BCUT2D eigenvalue weighted by Crippen LogP contribution is 2.30. The van der Waals surface area contributed by atoms with Crippen molar-refractivity contribution in [2.75, 3.05) is 0 Å². The van der Waals surface area contributed by atoms with Crippen LogP contribution in [0.2, 0.25) is 0 Å². The van der Waals surface area contributed by atoms with Crippen molar-refractivity contribution in [3.63, 3.8) is 0 Å². The van der Waals surface area contributed by atoms with Crippen molar-refractivity contribution in [1.82, 2.24) is 10.3 Å². The van der Waals surface area contributed by atoms with Gasteiger partial charge in [-0.3, -0.25) is 4.98 Å². The van der Waals surface area contributed by atoms with Gasteiger partial charge in [-0.15, -0.1) is 0 Å². The summed E-state index contributed by atoms with van der Waals surface area (Å²) in [5, 5.41) is 13.2. The van der Waals surface area contributed by atoms with Gasteiger partial charge in [0.25, 0.3) is 0 Å². The standard InChI is InChI=1S/C17H13BrN2O2/c18-16-8-14(7-13-5-6-19-10-15(13)16)12-3-1-11(2-4-12)9-20-17(21)22/h1-8,10,20H,9H2,(H,21,22). The van der Waals surface area contributed by atoms with Gasteiger partial charge in [-0.25, -0.2) is 4.79 Å². The van der Waals surface area contributed by atoms with Crippen LogP contribution in [-0.4, -0.2) is 16.2 Å². The number of rotatable bonds is 3. The third-order valence-corrected chi connectivity index (χ3v) is 4.09. The number of carboxylic acid groups (broad SMARTS) is 1. The molecular weight excluding hydrogens is 344 g/mol. The van der Waals surface area contributed by atoms with Crippen LogP contribution in [0.1, 0.15) is 5.56 Å². The molecule has 1 heterocycles. The third-order valence-electron chi connectivity index (χ3n) is 3.44. The largest absolute Gasteiger partial charge is 0.465 e. The first-order chi connectivity index (χ1) is 10.6. The van der Waals surface area contributed by atoms with Crippen molar-refractivity contribution < 1.29 is 9.90 Å². The van der Waals surface area contributed by atoms with E-state index in [-0.39, 0.29) is 0 Å². The average Bonchev–Trinajstić information content (AvgIpc) is 2.53. The highest BCUT2D eigenvalue weighted by Gasteiger charge is 2.05. The van der Waals surface area contributed by atoms with Crippen molar-refractivity contribution in [2.24, 2.45) is 0 Å². The number of amides is 1. The molecule has 3 rings (SSSR count). The summed E-state index contributed by atoms with van der Waals surface area (Å²) >= 11 is 3.59. The van der Waals surface area contributed by atoms with E-state index >= 15 is 0 Å². The molecule has 5 heteroatoms. The summed E-state index contributed by atoms with van der Waals surface area (Å²) in [5.41, 5.74) is 3.11. The number of halogens is 1. The second kappa shape index (κ2) is 6.15. The van der Waals surface area contributed by atoms with E-state index in [1.807, 2.05) is 36.5 Å². The van der Waals surface area contributed by atoms with E-state index in [4.69, 9.17) is 5.11 Å². The lowest BCUT2D eigenvalue weighted by molar-refractivity contribution is 0.194. The van der Waals surface area contributed by atoms with E-state index < -0.39 is 6.09 Å². The van der Waals surface area contributed by atoms with E-state index in [1.165, 1.54) is 0 Å². The molecule has 0 unspecified atom stereocenters. The molecule has 4 nitrogen and oxygen atoms in total. The first-order valence-corrected chi connectivity index (χ1v) is 7.52. The van der Waals surface area contributed by atoms with Crippen LogP contribution in [0.15, 0.2) is 59.3 Å². The Morgan fingerprint density at radius 2 is 1.91 bits per heavy atom. The molecular formula is C17H13BrN2O2. The van der Waals surface area contributed by atoms with E-state index in [0.717, 1.165) is 31.9 Å². The van der Waals surface area contributed by atoms with Gasteiger partial charge < -0.3 is 10.4 Å². The summed E-state index contributed by atoms with van der Waals surface area (Å²) in [6, 6.07) is 14.0. The molecule has 22 heavy (non-hydrogen) atoms. The summed E-state index contributed by atoms with van der Waals surface area (Å²) in [4.78, 5) is 14.6. The summed E-state index contributed by atoms with van der Waals surface area (Å²) in [6.45, 7) is 0.308. The second-order valence-corrected chi connectivity index (χ2v) is 5.76. The van der Waals surface area contributed by atoms with Gasteiger partial charge in [0.1, 0.15) is 0 Å². The van der Waals surface area contributed by atoms with Gasteiger partial charge in [-0.1, -0.05) is 40.2 Å². The number of nitrogens with zero attached hydrogens (tertiary/aromatic N) is 1. The Labute approximate surface area is 135 Å². The monoisotopic (exact) mass is 356 g/mol. The minimum atomic E-state index is -1.02. The Kier molecular flexibility index (Phi) is 4.06. The molecule has 110 valence electrons. The van der Waals surface area contributed by atoms with Crippen molar-refractivity contribution in [3.8, 4) is 11.1 Å². The van der Waals surface area contributed by atoms with Crippen molar-refractivity contribution in [1.29, 1.82) is 0 Å². The maximum absolute atomic E-state index is 10.5.